The minimum absolute atomic E-state index is 0.140. The summed E-state index contributed by atoms with van der Waals surface area (Å²) in [5.41, 5.74) is 5.12. The second kappa shape index (κ2) is 11.4. The Balaban J connectivity index is 1.32. The third kappa shape index (κ3) is 6.31. The fourth-order valence-electron chi connectivity index (χ4n) is 5.41. The van der Waals surface area contributed by atoms with Crippen LogP contribution in [0.3, 0.4) is 0 Å². The van der Waals surface area contributed by atoms with Gasteiger partial charge in [0.05, 0.1) is 23.7 Å². The van der Waals surface area contributed by atoms with Gasteiger partial charge in [-0.15, -0.1) is 0 Å². The Morgan fingerprint density at radius 1 is 0.895 bits per heavy atom. The van der Waals surface area contributed by atoms with E-state index in [4.69, 9.17) is 11.6 Å². The van der Waals surface area contributed by atoms with Gasteiger partial charge in [0, 0.05) is 44.3 Å². The predicted octanol–water partition coefficient (Wildman–Crippen LogP) is 4.03. The van der Waals surface area contributed by atoms with Crippen molar-refractivity contribution >= 4 is 38.9 Å². The van der Waals surface area contributed by atoms with E-state index >= 15 is 0 Å². The summed E-state index contributed by atoms with van der Waals surface area (Å²) >= 11 is 6.12. The summed E-state index contributed by atoms with van der Waals surface area (Å²) in [7, 11) is -3.39. The van der Waals surface area contributed by atoms with Crippen molar-refractivity contribution in [1.29, 1.82) is 0 Å². The molecule has 7 nitrogen and oxygen atoms in total. The highest BCUT2D eigenvalue weighted by Gasteiger charge is 2.34. The van der Waals surface area contributed by atoms with E-state index in [2.05, 4.69) is 38.8 Å². The number of halogens is 1. The van der Waals surface area contributed by atoms with Gasteiger partial charge in [0.1, 0.15) is 0 Å². The van der Waals surface area contributed by atoms with Crippen LogP contribution in [0.5, 0.6) is 0 Å². The number of para-hydroxylation sites is 2. The van der Waals surface area contributed by atoms with Crippen molar-refractivity contribution in [3.63, 3.8) is 0 Å². The lowest BCUT2D eigenvalue weighted by Crippen LogP contribution is -2.56. The van der Waals surface area contributed by atoms with Crippen LogP contribution in [0, 0.1) is 0 Å². The number of carbonyl (C=O) groups is 1. The molecule has 0 aliphatic carbocycles. The van der Waals surface area contributed by atoms with Crippen LogP contribution in [-0.4, -0.2) is 69.1 Å². The van der Waals surface area contributed by atoms with E-state index < -0.39 is 10.0 Å². The summed E-state index contributed by atoms with van der Waals surface area (Å²) in [6, 6.07) is 23.4. The Kier molecular flexibility index (Phi) is 7.93. The molecule has 0 radical (unpaired) electrons. The standard InChI is InChI=1S/C29H33ClN4O3S/c1-38(36,37)31-26-8-4-5-9-27(26)32-16-18-33(19-17-32)29(35)28(20-22-10-12-25(30)13-11-22)34-15-14-23-6-2-3-7-24(23)21-34/h2-13,28,31H,14-21H2,1H3/t28-/m1/s1. The van der Waals surface area contributed by atoms with E-state index in [1.807, 2.05) is 47.4 Å². The van der Waals surface area contributed by atoms with Crippen LogP contribution in [0.1, 0.15) is 16.7 Å². The predicted molar refractivity (Wildman–Crippen MR) is 153 cm³/mol. The van der Waals surface area contributed by atoms with E-state index in [9.17, 15) is 13.2 Å². The zero-order valence-corrected chi connectivity index (χ0v) is 23.1. The first kappa shape index (κ1) is 26.5. The Morgan fingerprint density at radius 3 is 2.26 bits per heavy atom. The minimum Gasteiger partial charge on any atom is -0.366 e. The molecule has 1 saturated heterocycles. The highest BCUT2D eigenvalue weighted by atomic mass is 35.5. The molecule has 1 atom stereocenters. The largest absolute Gasteiger partial charge is 0.366 e. The van der Waals surface area contributed by atoms with Crippen LogP contribution >= 0.6 is 11.6 Å². The number of piperazine rings is 1. The lowest BCUT2D eigenvalue weighted by Gasteiger charge is -2.41. The summed E-state index contributed by atoms with van der Waals surface area (Å²) in [4.78, 5) is 20.4. The molecule has 2 aliphatic heterocycles. The van der Waals surface area contributed by atoms with Gasteiger partial charge in [-0.1, -0.05) is 60.1 Å². The van der Waals surface area contributed by atoms with Crippen molar-refractivity contribution in [2.75, 3.05) is 48.6 Å². The average Bonchev–Trinajstić information content (AvgIpc) is 2.92. The smallest absolute Gasteiger partial charge is 0.240 e. The fourth-order valence-corrected chi connectivity index (χ4v) is 6.11. The van der Waals surface area contributed by atoms with Crippen molar-refractivity contribution in [1.82, 2.24) is 9.80 Å². The number of nitrogens with zero attached hydrogens (tertiary/aromatic N) is 3. The number of hydrogen-bond donors (Lipinski definition) is 1. The highest BCUT2D eigenvalue weighted by molar-refractivity contribution is 7.92. The maximum Gasteiger partial charge on any atom is 0.240 e. The van der Waals surface area contributed by atoms with E-state index in [-0.39, 0.29) is 11.9 Å². The van der Waals surface area contributed by atoms with Gasteiger partial charge < -0.3 is 9.80 Å². The van der Waals surface area contributed by atoms with Crippen molar-refractivity contribution in [3.8, 4) is 0 Å². The molecule has 3 aromatic carbocycles. The summed E-state index contributed by atoms with van der Waals surface area (Å²) in [6.07, 6.45) is 2.71. The monoisotopic (exact) mass is 552 g/mol. The third-order valence-corrected chi connectivity index (χ3v) is 8.20. The molecular formula is C29H33ClN4O3S. The quantitative estimate of drug-likeness (QED) is 0.479. The van der Waals surface area contributed by atoms with Crippen molar-refractivity contribution in [2.24, 2.45) is 0 Å². The second-order valence-electron chi connectivity index (χ2n) is 10.0. The van der Waals surface area contributed by atoms with Gasteiger partial charge in [-0.05, 0) is 53.8 Å². The number of fused-ring (bicyclic) bond motifs is 1. The van der Waals surface area contributed by atoms with Crippen molar-refractivity contribution in [3.05, 3.63) is 94.5 Å². The SMILES string of the molecule is CS(=O)(=O)Nc1ccccc1N1CCN(C(=O)[C@@H](Cc2ccc(Cl)cc2)N2CCc3ccccc3C2)CC1. The topological polar surface area (TPSA) is 73.0 Å². The molecule has 0 spiro atoms. The molecule has 200 valence electrons. The number of carbonyl (C=O) groups excluding carboxylic acids is 1. The van der Waals surface area contributed by atoms with E-state index in [1.54, 1.807) is 6.07 Å². The zero-order chi connectivity index (χ0) is 26.7. The summed E-state index contributed by atoms with van der Waals surface area (Å²) in [5, 5.41) is 0.685. The van der Waals surface area contributed by atoms with Crippen LogP contribution < -0.4 is 9.62 Å². The van der Waals surface area contributed by atoms with Gasteiger partial charge in [-0.3, -0.25) is 14.4 Å². The number of sulfonamides is 1. The van der Waals surface area contributed by atoms with Crippen LogP contribution in [0.4, 0.5) is 11.4 Å². The zero-order valence-electron chi connectivity index (χ0n) is 21.5. The Hall–Kier alpha value is -3.07. The molecule has 3 aromatic rings. The molecule has 0 aromatic heterocycles. The molecule has 5 rings (SSSR count). The first-order valence-corrected chi connectivity index (χ1v) is 15.2. The second-order valence-corrected chi connectivity index (χ2v) is 12.2. The van der Waals surface area contributed by atoms with Gasteiger partial charge in [-0.2, -0.15) is 0 Å². The Bertz CT molecular complexity index is 1390. The normalized spacial score (nSPS) is 17.1. The highest BCUT2D eigenvalue weighted by Crippen LogP contribution is 2.28. The van der Waals surface area contributed by atoms with Crippen molar-refractivity contribution in [2.45, 2.75) is 25.4 Å². The number of amides is 1. The maximum absolute atomic E-state index is 14.0. The molecule has 1 fully saturated rings. The Morgan fingerprint density at radius 2 is 1.55 bits per heavy atom. The Labute approximate surface area is 230 Å². The molecule has 0 unspecified atom stereocenters. The first-order valence-electron chi connectivity index (χ1n) is 12.9. The van der Waals surface area contributed by atoms with E-state index in [0.717, 1.165) is 37.0 Å². The third-order valence-electron chi connectivity index (χ3n) is 7.36. The molecule has 38 heavy (non-hydrogen) atoms. The van der Waals surface area contributed by atoms with Crippen LogP contribution in [0.25, 0.3) is 0 Å². The number of hydrogen-bond acceptors (Lipinski definition) is 5. The average molecular weight is 553 g/mol. The number of rotatable bonds is 7. The summed E-state index contributed by atoms with van der Waals surface area (Å²) in [6.45, 7) is 4.01. The number of anilines is 2. The minimum atomic E-state index is -3.39. The van der Waals surface area contributed by atoms with Gasteiger partial charge in [0.15, 0.2) is 0 Å². The molecule has 1 N–H and O–H groups in total. The fraction of sp³-hybridized carbons (Fsp3) is 0.345. The first-order chi connectivity index (χ1) is 18.3. The molecule has 9 heteroatoms. The molecule has 2 heterocycles. The van der Waals surface area contributed by atoms with Crippen LogP contribution in [0.15, 0.2) is 72.8 Å². The lowest BCUT2D eigenvalue weighted by atomic mass is 9.95. The van der Waals surface area contributed by atoms with Crippen LogP contribution in [-0.2, 0) is 34.2 Å². The molecule has 0 saturated carbocycles. The summed E-state index contributed by atoms with van der Waals surface area (Å²) in [5.74, 6) is 0.140. The molecular weight excluding hydrogens is 520 g/mol. The van der Waals surface area contributed by atoms with Crippen LogP contribution in [0.2, 0.25) is 5.02 Å². The van der Waals surface area contributed by atoms with Gasteiger partial charge >= 0.3 is 0 Å². The molecule has 0 bridgehead atoms. The number of benzene rings is 3. The molecule has 1 amide bonds. The summed E-state index contributed by atoms with van der Waals surface area (Å²) < 4.78 is 26.3. The lowest BCUT2D eigenvalue weighted by molar-refractivity contribution is -0.137. The van der Waals surface area contributed by atoms with Gasteiger partial charge in [0.25, 0.3) is 0 Å². The van der Waals surface area contributed by atoms with E-state index in [1.165, 1.54) is 11.1 Å². The van der Waals surface area contributed by atoms with Crippen molar-refractivity contribution < 1.29 is 13.2 Å². The van der Waals surface area contributed by atoms with Gasteiger partial charge in [-0.25, -0.2) is 8.42 Å². The van der Waals surface area contributed by atoms with Gasteiger partial charge in [0.2, 0.25) is 15.9 Å². The number of nitrogens with one attached hydrogen (secondary N) is 1. The van der Waals surface area contributed by atoms with E-state index in [0.29, 0.717) is 43.3 Å². The maximum atomic E-state index is 14.0. The molecule has 2 aliphatic rings.